The second-order valence-electron chi connectivity index (χ2n) is 5.06. The molecule has 0 aliphatic carbocycles. The molecule has 0 aliphatic rings. The Morgan fingerprint density at radius 3 is 2.45 bits per heavy atom. The van der Waals surface area contributed by atoms with E-state index in [-0.39, 0.29) is 11.7 Å². The van der Waals surface area contributed by atoms with Gasteiger partial charge in [-0.25, -0.2) is 9.48 Å². The lowest BCUT2D eigenvalue weighted by Gasteiger charge is -2.11. The summed E-state index contributed by atoms with van der Waals surface area (Å²) >= 11 is 0. The molecule has 2 aromatic rings. The highest BCUT2D eigenvalue weighted by atomic mass is 16.5. The number of aryl methyl sites for hydroxylation is 1. The number of ether oxygens (including phenoxy) is 1. The van der Waals surface area contributed by atoms with E-state index >= 15 is 0 Å². The van der Waals surface area contributed by atoms with Crippen molar-refractivity contribution >= 4 is 5.97 Å². The Kier molecular flexibility index (Phi) is 4.60. The van der Waals surface area contributed by atoms with Crippen LogP contribution in [0.3, 0.4) is 0 Å². The molecule has 0 saturated carbocycles. The number of carbonyl (C=O) groups is 1. The Balaban J connectivity index is 2.46. The van der Waals surface area contributed by atoms with Crippen LogP contribution in [0.15, 0.2) is 35.1 Å². The third-order valence-electron chi connectivity index (χ3n) is 3.03. The van der Waals surface area contributed by atoms with Crippen molar-refractivity contribution < 1.29 is 14.6 Å². The van der Waals surface area contributed by atoms with Gasteiger partial charge >= 0.3 is 5.97 Å². The average molecular weight is 302 g/mol. The van der Waals surface area contributed by atoms with Crippen molar-refractivity contribution in [1.82, 2.24) is 9.78 Å². The molecule has 1 aromatic heterocycles. The Labute approximate surface area is 128 Å². The van der Waals surface area contributed by atoms with E-state index in [2.05, 4.69) is 5.10 Å². The highest BCUT2D eigenvalue weighted by Crippen LogP contribution is 2.21. The normalized spacial score (nSPS) is 10.7. The van der Waals surface area contributed by atoms with Gasteiger partial charge < -0.3 is 9.84 Å². The quantitative estimate of drug-likeness (QED) is 0.917. The maximum absolute atomic E-state index is 11.9. The van der Waals surface area contributed by atoms with Gasteiger partial charge in [0.15, 0.2) is 0 Å². The maximum atomic E-state index is 11.9. The van der Waals surface area contributed by atoms with Crippen LogP contribution in [-0.4, -0.2) is 27.0 Å². The Bertz CT molecular complexity index is 733. The molecule has 22 heavy (non-hydrogen) atoms. The highest BCUT2D eigenvalue weighted by Gasteiger charge is 2.14. The summed E-state index contributed by atoms with van der Waals surface area (Å²) in [5.74, 6) is -0.531. The zero-order valence-corrected chi connectivity index (χ0v) is 12.7. The Morgan fingerprint density at radius 2 is 1.95 bits per heavy atom. The third-order valence-corrected chi connectivity index (χ3v) is 3.03. The summed E-state index contributed by atoms with van der Waals surface area (Å²) in [6, 6.07) is 8.46. The minimum Gasteiger partial charge on any atom is -0.491 e. The first-order chi connectivity index (χ1) is 10.4. The van der Waals surface area contributed by atoms with Crippen LogP contribution in [0, 0.1) is 0 Å². The number of hydrogen-bond donors (Lipinski definition) is 1. The summed E-state index contributed by atoms with van der Waals surface area (Å²) in [6.45, 7) is 5.92. The average Bonchev–Trinajstić information content (AvgIpc) is 2.47. The van der Waals surface area contributed by atoms with E-state index < -0.39 is 11.5 Å². The summed E-state index contributed by atoms with van der Waals surface area (Å²) in [6.07, 6.45) is 0.0737. The van der Waals surface area contributed by atoms with Gasteiger partial charge in [0, 0.05) is 12.1 Å². The minimum absolute atomic E-state index is 0.0737. The van der Waals surface area contributed by atoms with Crippen molar-refractivity contribution in [2.75, 3.05) is 0 Å². The number of nitrogens with zero attached hydrogens (tertiary/aromatic N) is 2. The van der Waals surface area contributed by atoms with Crippen LogP contribution in [0.2, 0.25) is 0 Å². The molecule has 0 amide bonds. The monoisotopic (exact) mass is 302 g/mol. The van der Waals surface area contributed by atoms with Crippen LogP contribution in [0.25, 0.3) is 11.3 Å². The molecular formula is C16H18N2O4. The molecule has 0 unspecified atom stereocenters. The zero-order chi connectivity index (χ0) is 16.3. The topological polar surface area (TPSA) is 81.4 Å². The number of rotatable bonds is 5. The van der Waals surface area contributed by atoms with Crippen LogP contribution < -0.4 is 10.3 Å². The van der Waals surface area contributed by atoms with Crippen molar-refractivity contribution in [1.29, 1.82) is 0 Å². The summed E-state index contributed by atoms with van der Waals surface area (Å²) in [4.78, 5) is 23.1. The molecule has 0 aliphatic heterocycles. The summed E-state index contributed by atoms with van der Waals surface area (Å²) in [5, 5.41) is 13.3. The molecule has 0 spiro atoms. The summed E-state index contributed by atoms with van der Waals surface area (Å²) < 4.78 is 6.71. The number of hydrogen-bond acceptors (Lipinski definition) is 4. The van der Waals surface area contributed by atoms with E-state index in [1.54, 1.807) is 31.2 Å². The van der Waals surface area contributed by atoms with Crippen molar-refractivity contribution in [2.24, 2.45) is 0 Å². The molecule has 6 nitrogen and oxygen atoms in total. The minimum atomic E-state index is -1.25. The molecule has 0 radical (unpaired) electrons. The second-order valence-corrected chi connectivity index (χ2v) is 5.06. The van der Waals surface area contributed by atoms with Gasteiger partial charge in [-0.1, -0.05) is 0 Å². The fourth-order valence-corrected chi connectivity index (χ4v) is 2.03. The lowest BCUT2D eigenvalue weighted by molar-refractivity contribution is 0.0693. The number of aromatic carboxylic acids is 1. The zero-order valence-electron chi connectivity index (χ0n) is 12.7. The molecule has 0 bridgehead atoms. The molecule has 0 fully saturated rings. The number of aromatic nitrogens is 2. The number of benzene rings is 1. The number of carboxylic acids is 1. The van der Waals surface area contributed by atoms with Crippen molar-refractivity contribution in [3.63, 3.8) is 0 Å². The van der Waals surface area contributed by atoms with Crippen molar-refractivity contribution in [3.8, 4) is 17.0 Å². The van der Waals surface area contributed by atoms with E-state index in [1.807, 2.05) is 13.8 Å². The van der Waals surface area contributed by atoms with Gasteiger partial charge in [-0.3, -0.25) is 4.79 Å². The smallest absolute Gasteiger partial charge is 0.341 e. The summed E-state index contributed by atoms with van der Waals surface area (Å²) in [7, 11) is 0. The van der Waals surface area contributed by atoms with E-state index in [0.717, 1.165) is 16.0 Å². The molecular weight excluding hydrogens is 284 g/mol. The molecule has 0 atom stereocenters. The standard InChI is InChI=1S/C16H18N2O4/c1-4-18-15(19)13(16(20)21)9-14(17-18)11-5-7-12(8-6-11)22-10(2)3/h5-10H,4H2,1-3H3,(H,20,21). The Morgan fingerprint density at radius 1 is 1.32 bits per heavy atom. The van der Waals surface area contributed by atoms with Gasteiger partial charge in [0.05, 0.1) is 11.8 Å². The van der Waals surface area contributed by atoms with E-state index in [4.69, 9.17) is 9.84 Å². The molecule has 1 aromatic carbocycles. The number of carboxylic acid groups (broad SMARTS) is 1. The fourth-order valence-electron chi connectivity index (χ4n) is 2.03. The van der Waals surface area contributed by atoms with Gasteiger partial charge in [0.2, 0.25) is 0 Å². The van der Waals surface area contributed by atoms with Crippen LogP contribution in [0.1, 0.15) is 31.1 Å². The van der Waals surface area contributed by atoms with Gasteiger partial charge in [-0.2, -0.15) is 5.10 Å². The highest BCUT2D eigenvalue weighted by molar-refractivity contribution is 5.88. The first-order valence-electron chi connectivity index (χ1n) is 7.05. The van der Waals surface area contributed by atoms with Crippen LogP contribution in [-0.2, 0) is 6.54 Å². The lowest BCUT2D eigenvalue weighted by atomic mass is 10.1. The first kappa shape index (κ1) is 15.8. The maximum Gasteiger partial charge on any atom is 0.341 e. The van der Waals surface area contributed by atoms with Crippen LogP contribution in [0.5, 0.6) is 5.75 Å². The van der Waals surface area contributed by atoms with Crippen LogP contribution >= 0.6 is 0 Å². The van der Waals surface area contributed by atoms with Gasteiger partial charge in [-0.15, -0.1) is 0 Å². The van der Waals surface area contributed by atoms with Crippen molar-refractivity contribution in [2.45, 2.75) is 33.4 Å². The molecule has 0 saturated heterocycles. The SMILES string of the molecule is CCn1nc(-c2ccc(OC(C)C)cc2)cc(C(=O)O)c1=O. The van der Waals surface area contributed by atoms with Gasteiger partial charge in [-0.05, 0) is 51.1 Å². The molecule has 2 rings (SSSR count). The van der Waals surface area contributed by atoms with Gasteiger partial charge in [0.1, 0.15) is 11.3 Å². The van der Waals surface area contributed by atoms with E-state index in [9.17, 15) is 9.59 Å². The third kappa shape index (κ3) is 3.33. The second kappa shape index (κ2) is 6.43. The molecule has 1 N–H and O–H groups in total. The molecule has 1 heterocycles. The van der Waals surface area contributed by atoms with Crippen molar-refractivity contribution in [3.05, 3.63) is 46.2 Å². The fraction of sp³-hybridized carbons (Fsp3) is 0.312. The predicted molar refractivity (Wildman–Crippen MR) is 82.3 cm³/mol. The van der Waals surface area contributed by atoms with Gasteiger partial charge in [0.25, 0.3) is 5.56 Å². The van der Waals surface area contributed by atoms with E-state index in [0.29, 0.717) is 12.2 Å². The lowest BCUT2D eigenvalue weighted by Crippen LogP contribution is -2.28. The molecule has 6 heteroatoms. The van der Waals surface area contributed by atoms with Crippen LogP contribution in [0.4, 0.5) is 0 Å². The summed E-state index contributed by atoms with van der Waals surface area (Å²) in [5.41, 5.74) is 0.281. The largest absolute Gasteiger partial charge is 0.491 e. The Hall–Kier alpha value is -2.63. The molecule has 116 valence electrons. The first-order valence-corrected chi connectivity index (χ1v) is 7.05. The van der Waals surface area contributed by atoms with E-state index in [1.165, 1.54) is 6.07 Å². The predicted octanol–water partition coefficient (Wildman–Crippen LogP) is 2.42.